The number of rotatable bonds is 20. The van der Waals surface area contributed by atoms with Gasteiger partial charge in [-0.3, -0.25) is 14.4 Å². The number of ketones is 3. The van der Waals surface area contributed by atoms with E-state index in [9.17, 15) is 39.0 Å². The van der Waals surface area contributed by atoms with Crippen molar-refractivity contribution in [1.29, 1.82) is 0 Å². The zero-order chi connectivity index (χ0) is 52.1. The third kappa shape index (κ3) is 32.4. The Labute approximate surface area is 414 Å². The first-order chi connectivity index (χ1) is 30.5. The lowest BCUT2D eigenvalue weighted by Gasteiger charge is -2.28. The van der Waals surface area contributed by atoms with E-state index in [1.54, 1.807) is 41.5 Å². The van der Waals surface area contributed by atoms with E-state index in [-0.39, 0.29) is 65.3 Å². The van der Waals surface area contributed by atoms with Gasteiger partial charge in [-0.15, -0.1) is 12.4 Å². The lowest BCUT2D eigenvalue weighted by atomic mass is 9.81. The number of Topliss-reactive ketones (excluding diaryl/α,β-unsaturated/α-hetero) is 3. The van der Waals surface area contributed by atoms with Gasteiger partial charge in [0.25, 0.3) is 0 Å². The third-order valence-corrected chi connectivity index (χ3v) is 9.52. The van der Waals surface area contributed by atoms with Crippen LogP contribution in [0.15, 0.2) is 60.7 Å². The molecule has 0 aliphatic heterocycles. The van der Waals surface area contributed by atoms with Gasteiger partial charge in [-0.1, -0.05) is 130 Å². The Bertz CT molecular complexity index is 1810. The monoisotopic (exact) mass is 978 g/mol. The van der Waals surface area contributed by atoms with Crippen LogP contribution in [0.5, 0.6) is 0 Å². The van der Waals surface area contributed by atoms with Crippen molar-refractivity contribution in [3.63, 3.8) is 0 Å². The van der Waals surface area contributed by atoms with Crippen molar-refractivity contribution >= 4 is 47.9 Å². The number of aliphatic hydroxyl groups excluding tert-OH is 2. The van der Waals surface area contributed by atoms with Gasteiger partial charge in [0.05, 0.1) is 6.04 Å². The third-order valence-electron chi connectivity index (χ3n) is 9.52. The summed E-state index contributed by atoms with van der Waals surface area (Å²) in [4.78, 5) is 72.5. The van der Waals surface area contributed by atoms with E-state index in [0.717, 1.165) is 11.1 Å². The number of carboxylic acids is 1. The van der Waals surface area contributed by atoms with Gasteiger partial charge < -0.3 is 41.2 Å². The lowest BCUT2D eigenvalue weighted by Crippen LogP contribution is -2.45. The number of hydrogen-bond donors (Lipinski definition) is 6. The summed E-state index contributed by atoms with van der Waals surface area (Å²) in [5.74, 6) is -1.92. The second-order valence-corrected chi connectivity index (χ2v) is 22.8. The molecule has 14 nitrogen and oxygen atoms in total. The molecule has 0 bridgehead atoms. The number of nitrogens with one attached hydrogen (secondary N) is 2. The molecule has 0 spiro atoms. The molecule has 15 heteroatoms. The van der Waals surface area contributed by atoms with E-state index in [4.69, 9.17) is 20.3 Å². The Morgan fingerprint density at radius 2 is 0.912 bits per heavy atom. The highest BCUT2D eigenvalue weighted by Crippen LogP contribution is 2.26. The van der Waals surface area contributed by atoms with E-state index < -0.39 is 65.6 Å². The molecule has 6 atom stereocenters. The highest BCUT2D eigenvalue weighted by molar-refractivity contribution is 5.89. The molecule has 0 aliphatic rings. The van der Waals surface area contributed by atoms with Crippen molar-refractivity contribution in [3.05, 3.63) is 71.8 Å². The van der Waals surface area contributed by atoms with Crippen LogP contribution in [-0.4, -0.2) is 92.4 Å². The van der Waals surface area contributed by atoms with E-state index in [1.165, 1.54) is 0 Å². The predicted molar refractivity (Wildman–Crippen MR) is 272 cm³/mol. The van der Waals surface area contributed by atoms with E-state index in [2.05, 4.69) is 10.6 Å². The van der Waals surface area contributed by atoms with Crippen LogP contribution in [0.4, 0.5) is 9.59 Å². The lowest BCUT2D eigenvalue weighted by molar-refractivity contribution is -0.140. The van der Waals surface area contributed by atoms with E-state index >= 15 is 0 Å². The number of ether oxygens (including phenoxy) is 2. The van der Waals surface area contributed by atoms with Crippen molar-refractivity contribution in [3.8, 4) is 0 Å². The first-order valence-electron chi connectivity index (χ1n) is 23.5. The number of carboxylic acid groups (broad SMARTS) is 1. The molecule has 2 amide bonds. The highest BCUT2D eigenvalue weighted by Gasteiger charge is 2.34. The van der Waals surface area contributed by atoms with Crippen LogP contribution in [-0.2, 0) is 41.5 Å². The molecule has 7 N–H and O–H groups in total. The average molecular weight is 979 g/mol. The Morgan fingerprint density at radius 3 is 1.26 bits per heavy atom. The Kier molecular flexibility index (Phi) is 29.3. The van der Waals surface area contributed by atoms with Crippen molar-refractivity contribution in [1.82, 2.24) is 10.6 Å². The van der Waals surface area contributed by atoms with Gasteiger partial charge in [-0.2, -0.15) is 0 Å². The summed E-state index contributed by atoms with van der Waals surface area (Å²) in [6, 6.07) is 17.0. The molecule has 0 aromatic heterocycles. The van der Waals surface area contributed by atoms with Crippen molar-refractivity contribution in [2.45, 2.75) is 197 Å². The molecule has 68 heavy (non-hydrogen) atoms. The topological polar surface area (TPSA) is 232 Å². The van der Waals surface area contributed by atoms with Crippen LogP contribution in [0.1, 0.15) is 154 Å². The normalized spacial score (nSPS) is 14.4. The zero-order valence-electron chi connectivity index (χ0n) is 43.9. The number of amides is 2. The molecule has 0 saturated heterocycles. The predicted octanol–water partition coefficient (Wildman–Crippen LogP) is 9.46. The number of aliphatic hydroxyl groups is 2. The summed E-state index contributed by atoms with van der Waals surface area (Å²) < 4.78 is 10.3. The molecule has 2 aromatic carbocycles. The number of carbonyl (C=O) groups is 6. The number of aliphatic carboxylic acids is 1. The fraction of sp³-hybridized carbons (Fsp3) is 0.660. The Balaban J connectivity index is 0. The zero-order valence-corrected chi connectivity index (χ0v) is 44.8. The summed E-state index contributed by atoms with van der Waals surface area (Å²) in [5, 5.41) is 34.8. The quantitative estimate of drug-likeness (QED) is 0.0729. The molecule has 0 aliphatic carbocycles. The summed E-state index contributed by atoms with van der Waals surface area (Å²) >= 11 is 0. The minimum Gasteiger partial charge on any atom is -0.480 e. The average Bonchev–Trinajstić information content (AvgIpc) is 3.14. The maximum absolute atomic E-state index is 13.3. The number of benzene rings is 2. The van der Waals surface area contributed by atoms with Gasteiger partial charge >= 0.3 is 18.2 Å². The molecule has 2 rings (SSSR count). The van der Waals surface area contributed by atoms with Gasteiger partial charge in [0.2, 0.25) is 0 Å². The first-order valence-corrected chi connectivity index (χ1v) is 23.5. The van der Waals surface area contributed by atoms with E-state index in [0.29, 0.717) is 32.1 Å². The van der Waals surface area contributed by atoms with Gasteiger partial charge in [0.15, 0.2) is 17.3 Å². The first kappa shape index (κ1) is 65.7. The van der Waals surface area contributed by atoms with Crippen LogP contribution in [0.25, 0.3) is 0 Å². The molecule has 0 saturated carbocycles. The number of nitrogens with two attached hydrogens (primary N) is 1. The van der Waals surface area contributed by atoms with Crippen LogP contribution >= 0.6 is 12.4 Å². The maximum Gasteiger partial charge on any atom is 0.408 e. The van der Waals surface area contributed by atoms with E-state index in [1.807, 2.05) is 130 Å². The minimum absolute atomic E-state index is 0. The van der Waals surface area contributed by atoms with Gasteiger partial charge in [0, 0.05) is 31.2 Å². The van der Waals surface area contributed by atoms with Crippen molar-refractivity contribution in [2.75, 3.05) is 0 Å². The standard InChI is InChI=1S/C27H43NO5.C15H23NO2.C11H21NO4.ClH/c1-18(2)14-21(28-25(32)33-27(6,7)8)22(29)16-20(15-19-12-10-9-11-13-19)24(31)23(30)17-26(3,4)5;1-15(2,3)10-13(17)14(18)12(16)9-11-7-5-4-6-8-11;1-7(2)6-8(9(13)14)12-10(15)16-11(3,4)5;/h9-13,18,20-21,24,31H,14-17H2,1-8H3,(H,28,32);4-8,12,14,18H,9-10,16H2,1-3H3;7-8H,6H2,1-5H3,(H,12,15)(H,13,14);1H/t20?,21-,24?;12-,14?;8-;/m000./s1. The fourth-order valence-electron chi connectivity index (χ4n) is 6.70. The van der Waals surface area contributed by atoms with Crippen molar-refractivity contribution < 1.29 is 53.6 Å². The molecular formula is C53H88ClN3O11. The van der Waals surface area contributed by atoms with Gasteiger partial charge in [-0.05, 0) is 101 Å². The summed E-state index contributed by atoms with van der Waals surface area (Å²) in [6.07, 6.45) is -1.39. The number of carbonyl (C=O) groups excluding carboxylic acids is 5. The fourth-order valence-corrected chi connectivity index (χ4v) is 6.70. The molecule has 388 valence electrons. The maximum atomic E-state index is 13.3. The molecular weight excluding hydrogens is 890 g/mol. The SMILES string of the molecule is CC(C)(C)CC(=O)C(O)[C@@H](N)Cc1ccccc1.CC(C)C[C@H](NC(=O)OC(C)(C)C)C(=O)CC(Cc1ccccc1)C(O)C(=O)CC(C)(C)C.CC(C)C[C@H](NC(=O)OC(C)(C)C)C(=O)O.Cl. The number of alkyl carbamates (subject to hydrolysis) is 2. The van der Waals surface area contributed by atoms with Crippen LogP contribution < -0.4 is 16.4 Å². The van der Waals surface area contributed by atoms with Crippen LogP contribution in [0.3, 0.4) is 0 Å². The molecule has 0 fully saturated rings. The minimum atomic E-state index is -1.25. The Hall–Kier alpha value is -4.37. The van der Waals surface area contributed by atoms with Crippen molar-refractivity contribution in [2.24, 2.45) is 34.3 Å². The molecule has 0 radical (unpaired) electrons. The summed E-state index contributed by atoms with van der Waals surface area (Å²) in [6.45, 7) is 30.0. The number of halogens is 1. The second-order valence-electron chi connectivity index (χ2n) is 22.8. The Morgan fingerprint density at radius 1 is 0.559 bits per heavy atom. The summed E-state index contributed by atoms with van der Waals surface area (Å²) in [7, 11) is 0. The smallest absolute Gasteiger partial charge is 0.408 e. The molecule has 3 unspecified atom stereocenters. The number of hydrogen-bond acceptors (Lipinski definition) is 11. The van der Waals surface area contributed by atoms with Gasteiger partial charge in [-0.25, -0.2) is 14.4 Å². The molecule has 0 heterocycles. The largest absolute Gasteiger partial charge is 0.480 e. The van der Waals surface area contributed by atoms with Gasteiger partial charge in [0.1, 0.15) is 29.5 Å². The van der Waals surface area contributed by atoms with Crippen LogP contribution in [0, 0.1) is 28.6 Å². The second kappa shape index (κ2) is 30.3. The van der Waals surface area contributed by atoms with Crippen LogP contribution in [0.2, 0.25) is 0 Å². The highest BCUT2D eigenvalue weighted by atomic mass is 35.5. The molecule has 2 aromatic rings. The summed E-state index contributed by atoms with van der Waals surface area (Å²) in [5.41, 5.74) is 6.19.